The Hall–Kier alpha value is -1.35. The molecule has 2 unspecified atom stereocenters. The summed E-state index contributed by atoms with van der Waals surface area (Å²) < 4.78 is 0. The molecule has 3 heteroatoms. The first kappa shape index (κ1) is 15.0. The van der Waals surface area contributed by atoms with Crippen molar-refractivity contribution < 1.29 is 9.90 Å². The van der Waals surface area contributed by atoms with E-state index in [0.717, 1.165) is 23.1 Å². The van der Waals surface area contributed by atoms with Gasteiger partial charge >= 0.3 is 0 Å². The van der Waals surface area contributed by atoms with Crippen LogP contribution in [0.3, 0.4) is 0 Å². The van der Waals surface area contributed by atoms with Gasteiger partial charge in [0, 0.05) is 12.1 Å². The van der Waals surface area contributed by atoms with Gasteiger partial charge in [-0.3, -0.25) is 4.79 Å². The summed E-state index contributed by atoms with van der Waals surface area (Å²) >= 11 is 0. The smallest absolute Gasteiger partial charge is 0.251 e. The van der Waals surface area contributed by atoms with Crippen LogP contribution in [0.1, 0.15) is 61.7 Å². The van der Waals surface area contributed by atoms with Crippen LogP contribution in [0.5, 0.6) is 0 Å². The highest BCUT2D eigenvalue weighted by atomic mass is 16.3. The lowest BCUT2D eigenvalue weighted by Gasteiger charge is -2.29. The lowest BCUT2D eigenvalue weighted by Crippen LogP contribution is -2.32. The van der Waals surface area contributed by atoms with Crippen LogP contribution in [-0.2, 0) is 6.42 Å². The van der Waals surface area contributed by atoms with Gasteiger partial charge < -0.3 is 10.4 Å². The van der Waals surface area contributed by atoms with Crippen LogP contribution in [0.25, 0.3) is 0 Å². The van der Waals surface area contributed by atoms with Crippen molar-refractivity contribution in [2.75, 3.05) is 6.54 Å². The highest BCUT2D eigenvalue weighted by Gasteiger charge is 2.24. The molecule has 3 nitrogen and oxygen atoms in total. The summed E-state index contributed by atoms with van der Waals surface area (Å²) in [5, 5.41) is 13.3. The van der Waals surface area contributed by atoms with Crippen LogP contribution in [0.15, 0.2) is 18.2 Å². The monoisotopic (exact) mass is 275 g/mol. The summed E-state index contributed by atoms with van der Waals surface area (Å²) in [6, 6.07) is 5.79. The van der Waals surface area contributed by atoms with Gasteiger partial charge in [0.2, 0.25) is 0 Å². The molecule has 1 aliphatic rings. The number of carbonyl (C=O) groups excluding carboxylic acids is 1. The van der Waals surface area contributed by atoms with Crippen molar-refractivity contribution >= 4 is 5.91 Å². The number of benzene rings is 1. The maximum absolute atomic E-state index is 11.8. The Balaban J connectivity index is 2.17. The third-order valence-corrected chi connectivity index (χ3v) is 4.50. The topological polar surface area (TPSA) is 49.3 Å². The minimum Gasteiger partial charge on any atom is -0.388 e. The molecular weight excluding hydrogens is 250 g/mol. The maximum atomic E-state index is 11.8. The van der Waals surface area contributed by atoms with Crippen LogP contribution < -0.4 is 5.32 Å². The average Bonchev–Trinajstić information content (AvgIpc) is 2.37. The number of carbonyl (C=O) groups is 1. The van der Waals surface area contributed by atoms with Crippen molar-refractivity contribution in [3.8, 4) is 0 Å². The molecule has 1 aromatic rings. The Morgan fingerprint density at radius 3 is 2.70 bits per heavy atom. The van der Waals surface area contributed by atoms with E-state index in [0.29, 0.717) is 18.9 Å². The van der Waals surface area contributed by atoms with Gasteiger partial charge in [0.05, 0.1) is 6.10 Å². The molecule has 2 N–H and O–H groups in total. The number of aliphatic hydroxyl groups excluding tert-OH is 1. The van der Waals surface area contributed by atoms with Gasteiger partial charge in [0.25, 0.3) is 5.91 Å². The third-order valence-electron chi connectivity index (χ3n) is 4.50. The fraction of sp³-hybridized carbons (Fsp3) is 0.588. The van der Waals surface area contributed by atoms with E-state index in [-0.39, 0.29) is 11.3 Å². The van der Waals surface area contributed by atoms with E-state index in [1.165, 1.54) is 0 Å². The maximum Gasteiger partial charge on any atom is 0.251 e. The van der Waals surface area contributed by atoms with Gasteiger partial charge in [-0.05, 0) is 41.4 Å². The lowest BCUT2D eigenvalue weighted by atomic mass is 9.78. The molecule has 2 rings (SSSR count). The van der Waals surface area contributed by atoms with Crippen LogP contribution in [-0.4, -0.2) is 17.6 Å². The van der Waals surface area contributed by atoms with Crippen molar-refractivity contribution in [3.05, 3.63) is 34.9 Å². The first-order chi connectivity index (χ1) is 9.29. The summed E-state index contributed by atoms with van der Waals surface area (Å²) in [5.74, 6) is 0.381. The second-order valence-corrected chi connectivity index (χ2v) is 6.94. The number of hydrogen-bond acceptors (Lipinski definition) is 2. The van der Waals surface area contributed by atoms with Crippen molar-refractivity contribution in [1.29, 1.82) is 0 Å². The molecule has 1 heterocycles. The van der Waals surface area contributed by atoms with E-state index in [9.17, 15) is 9.90 Å². The normalized spacial score (nSPS) is 18.1. The summed E-state index contributed by atoms with van der Waals surface area (Å²) in [4.78, 5) is 11.8. The number of amides is 1. The van der Waals surface area contributed by atoms with Crippen LogP contribution in [0.2, 0.25) is 0 Å². The number of aliphatic hydroxyl groups is 1. The molecule has 0 fully saturated rings. The zero-order valence-electron chi connectivity index (χ0n) is 12.9. The fourth-order valence-electron chi connectivity index (χ4n) is 2.46. The molecule has 0 bridgehead atoms. The highest BCUT2D eigenvalue weighted by molar-refractivity contribution is 5.96. The molecular formula is C17H25NO2. The van der Waals surface area contributed by atoms with Crippen LogP contribution in [0, 0.1) is 11.3 Å². The molecule has 0 aromatic heterocycles. The molecule has 0 radical (unpaired) electrons. The van der Waals surface area contributed by atoms with Crippen molar-refractivity contribution in [2.45, 2.75) is 46.6 Å². The Labute approximate surface area is 121 Å². The molecule has 1 aromatic carbocycles. The van der Waals surface area contributed by atoms with E-state index in [2.05, 4.69) is 33.0 Å². The molecule has 0 spiro atoms. The predicted octanol–water partition coefficient (Wildman–Crippen LogP) is 3.08. The minimum atomic E-state index is -0.510. The molecule has 110 valence electrons. The van der Waals surface area contributed by atoms with Gasteiger partial charge in [0.1, 0.15) is 0 Å². The average molecular weight is 275 g/mol. The number of rotatable bonds is 3. The van der Waals surface area contributed by atoms with Crippen LogP contribution in [0.4, 0.5) is 0 Å². The zero-order chi connectivity index (χ0) is 14.9. The Bertz CT molecular complexity index is 502. The largest absolute Gasteiger partial charge is 0.388 e. The van der Waals surface area contributed by atoms with Gasteiger partial charge in [-0.1, -0.05) is 39.8 Å². The van der Waals surface area contributed by atoms with Crippen LogP contribution >= 0.6 is 0 Å². The SMILES string of the molecule is CC(CC(O)c1ccc2c(c1)C(=O)NCC2)C(C)(C)C. The first-order valence-electron chi connectivity index (χ1n) is 7.38. The minimum absolute atomic E-state index is 0.0239. The fourth-order valence-corrected chi connectivity index (χ4v) is 2.46. The number of fused-ring (bicyclic) bond motifs is 1. The van der Waals surface area contributed by atoms with E-state index < -0.39 is 6.10 Å². The van der Waals surface area contributed by atoms with Gasteiger partial charge in [0.15, 0.2) is 0 Å². The summed E-state index contributed by atoms with van der Waals surface area (Å²) in [6.07, 6.45) is 1.07. The highest BCUT2D eigenvalue weighted by Crippen LogP contribution is 2.33. The molecule has 0 aliphatic carbocycles. The van der Waals surface area contributed by atoms with E-state index >= 15 is 0 Å². The van der Waals surface area contributed by atoms with E-state index in [1.807, 2.05) is 18.2 Å². The predicted molar refractivity (Wildman–Crippen MR) is 80.7 cm³/mol. The lowest BCUT2D eigenvalue weighted by molar-refractivity contribution is 0.0944. The molecule has 20 heavy (non-hydrogen) atoms. The second-order valence-electron chi connectivity index (χ2n) is 6.94. The Kier molecular flexibility index (Phi) is 4.19. The second kappa shape index (κ2) is 5.57. The van der Waals surface area contributed by atoms with Gasteiger partial charge in [-0.15, -0.1) is 0 Å². The van der Waals surface area contributed by atoms with E-state index in [1.54, 1.807) is 0 Å². The van der Waals surface area contributed by atoms with Crippen molar-refractivity contribution in [2.24, 2.45) is 11.3 Å². The Morgan fingerprint density at radius 2 is 2.05 bits per heavy atom. The quantitative estimate of drug-likeness (QED) is 0.890. The molecule has 0 saturated heterocycles. The standard InChI is InChI=1S/C17H25NO2/c1-11(17(2,3)4)9-15(19)13-6-5-12-7-8-18-16(20)14(12)10-13/h5-6,10-11,15,19H,7-9H2,1-4H3,(H,18,20). The molecule has 1 amide bonds. The molecule has 0 saturated carbocycles. The zero-order valence-corrected chi connectivity index (χ0v) is 12.9. The van der Waals surface area contributed by atoms with E-state index in [4.69, 9.17) is 0 Å². The third kappa shape index (κ3) is 3.21. The summed E-state index contributed by atoms with van der Waals surface area (Å²) in [7, 11) is 0. The van der Waals surface area contributed by atoms with Gasteiger partial charge in [-0.2, -0.15) is 0 Å². The summed E-state index contributed by atoms with van der Waals surface area (Å²) in [5.41, 5.74) is 2.81. The molecule has 1 aliphatic heterocycles. The van der Waals surface area contributed by atoms with Crippen molar-refractivity contribution in [1.82, 2.24) is 5.32 Å². The number of nitrogens with one attached hydrogen (secondary N) is 1. The Morgan fingerprint density at radius 1 is 1.35 bits per heavy atom. The summed E-state index contributed by atoms with van der Waals surface area (Å²) in [6.45, 7) is 9.42. The first-order valence-corrected chi connectivity index (χ1v) is 7.38. The van der Waals surface area contributed by atoms with Gasteiger partial charge in [-0.25, -0.2) is 0 Å². The molecule has 2 atom stereocenters. The number of hydrogen-bond donors (Lipinski definition) is 2. The van der Waals surface area contributed by atoms with Crippen molar-refractivity contribution in [3.63, 3.8) is 0 Å².